The molecule has 0 saturated carbocycles. The van der Waals surface area contributed by atoms with Crippen LogP contribution in [0.5, 0.6) is 0 Å². The number of unbranched alkanes of at least 4 members (excludes halogenated alkanes) is 3. The lowest BCUT2D eigenvalue weighted by molar-refractivity contribution is 0.441. The predicted molar refractivity (Wildman–Crippen MR) is 61.7 cm³/mol. The van der Waals surface area contributed by atoms with Crippen LogP contribution in [0.2, 0.25) is 0 Å². The van der Waals surface area contributed by atoms with Crippen LogP contribution in [0.1, 0.15) is 66.7 Å². The van der Waals surface area contributed by atoms with E-state index in [4.69, 9.17) is 0 Å². The molecule has 0 aliphatic heterocycles. The summed E-state index contributed by atoms with van der Waals surface area (Å²) in [5.41, 5.74) is 0. The first-order valence-corrected chi connectivity index (χ1v) is 5.92. The summed E-state index contributed by atoms with van der Waals surface area (Å²) in [7, 11) is 0. The minimum atomic E-state index is 0.765. The van der Waals surface area contributed by atoms with Gasteiger partial charge in [0.1, 0.15) is 0 Å². The Morgan fingerprint density at radius 1 is 1.00 bits per heavy atom. The molecule has 0 bridgehead atoms. The second-order valence-electron chi connectivity index (χ2n) is 4.65. The van der Waals surface area contributed by atoms with E-state index in [1.165, 1.54) is 32.1 Å². The average molecular weight is 183 g/mol. The van der Waals surface area contributed by atoms with Crippen LogP contribution in [-0.4, -0.2) is 0 Å². The lowest BCUT2D eigenvalue weighted by Gasteiger charge is -2.22. The third-order valence-corrected chi connectivity index (χ3v) is 3.18. The molecule has 0 aromatic heterocycles. The average Bonchev–Trinajstić information content (AvgIpc) is 2.10. The van der Waals surface area contributed by atoms with Crippen molar-refractivity contribution in [3.8, 4) is 0 Å². The molecule has 0 aromatic rings. The Labute approximate surface area is 85.1 Å². The van der Waals surface area contributed by atoms with E-state index in [2.05, 4.69) is 34.6 Å². The van der Waals surface area contributed by atoms with Gasteiger partial charge in [0.15, 0.2) is 0 Å². The van der Waals surface area contributed by atoms with Crippen molar-refractivity contribution in [1.29, 1.82) is 0 Å². The summed E-state index contributed by atoms with van der Waals surface area (Å²) >= 11 is 0. The molecule has 0 N–H and O–H groups in total. The summed E-state index contributed by atoms with van der Waals surface area (Å²) in [6.45, 7) is 11.6. The minimum Gasteiger partial charge on any atom is -0.0654 e. The van der Waals surface area contributed by atoms with E-state index >= 15 is 0 Å². The second kappa shape index (κ2) is 7.41. The molecule has 1 radical (unpaired) electrons. The molecule has 79 valence electrons. The molecule has 13 heavy (non-hydrogen) atoms. The van der Waals surface area contributed by atoms with E-state index in [-0.39, 0.29) is 0 Å². The number of rotatable bonds is 7. The predicted octanol–water partition coefficient (Wildman–Crippen LogP) is 4.84. The van der Waals surface area contributed by atoms with Crippen molar-refractivity contribution in [2.45, 2.75) is 66.7 Å². The van der Waals surface area contributed by atoms with Crippen LogP contribution in [0.4, 0.5) is 0 Å². The first-order chi connectivity index (χ1) is 6.09. The molecule has 0 nitrogen and oxygen atoms in total. The van der Waals surface area contributed by atoms with Crippen LogP contribution >= 0.6 is 0 Å². The van der Waals surface area contributed by atoms with Gasteiger partial charge in [0.2, 0.25) is 0 Å². The molecule has 0 amide bonds. The molecule has 0 spiro atoms. The fourth-order valence-electron chi connectivity index (χ4n) is 1.67. The third-order valence-electron chi connectivity index (χ3n) is 3.18. The second-order valence-corrected chi connectivity index (χ2v) is 4.65. The van der Waals surface area contributed by atoms with E-state index in [1.807, 2.05) is 0 Å². The zero-order valence-corrected chi connectivity index (χ0v) is 10.2. The van der Waals surface area contributed by atoms with Crippen LogP contribution in [0, 0.1) is 17.8 Å². The lowest BCUT2D eigenvalue weighted by atomic mass is 9.83. The first-order valence-electron chi connectivity index (χ1n) is 5.92. The Morgan fingerprint density at radius 3 is 2.08 bits per heavy atom. The van der Waals surface area contributed by atoms with Gasteiger partial charge in [-0.15, -0.1) is 0 Å². The highest BCUT2D eigenvalue weighted by atomic mass is 14.2. The van der Waals surface area contributed by atoms with E-state index in [0.29, 0.717) is 0 Å². The van der Waals surface area contributed by atoms with Gasteiger partial charge in [-0.05, 0) is 17.8 Å². The summed E-state index contributed by atoms with van der Waals surface area (Å²) in [5, 5.41) is 0. The van der Waals surface area contributed by atoms with Crippen molar-refractivity contribution in [1.82, 2.24) is 0 Å². The standard InChI is InChI=1S/C13H27/c1-6-7-8-9-10-12(4)13(5)11(2)3/h11-12H,6-10H2,1-5H3. The maximum atomic E-state index is 2.38. The summed E-state index contributed by atoms with van der Waals surface area (Å²) in [6.07, 6.45) is 6.99. The summed E-state index contributed by atoms with van der Waals surface area (Å²) in [6, 6.07) is 0. The van der Waals surface area contributed by atoms with E-state index < -0.39 is 0 Å². The summed E-state index contributed by atoms with van der Waals surface area (Å²) < 4.78 is 0. The van der Waals surface area contributed by atoms with Gasteiger partial charge >= 0.3 is 0 Å². The molecular weight excluding hydrogens is 156 g/mol. The van der Waals surface area contributed by atoms with Gasteiger partial charge in [0, 0.05) is 0 Å². The largest absolute Gasteiger partial charge is 0.0654 e. The molecular formula is C13H27. The van der Waals surface area contributed by atoms with Crippen LogP contribution in [-0.2, 0) is 0 Å². The molecule has 1 atom stereocenters. The lowest BCUT2D eigenvalue weighted by Crippen LogP contribution is -2.11. The smallest absolute Gasteiger partial charge is 0.0218 e. The Morgan fingerprint density at radius 2 is 1.62 bits per heavy atom. The van der Waals surface area contributed by atoms with Gasteiger partial charge < -0.3 is 0 Å². The van der Waals surface area contributed by atoms with Crippen molar-refractivity contribution in [2.75, 3.05) is 0 Å². The molecule has 0 heterocycles. The van der Waals surface area contributed by atoms with E-state index in [1.54, 1.807) is 5.92 Å². The first kappa shape index (κ1) is 13.0. The highest BCUT2D eigenvalue weighted by Gasteiger charge is 2.15. The van der Waals surface area contributed by atoms with Crippen LogP contribution in [0.15, 0.2) is 0 Å². The summed E-state index contributed by atoms with van der Waals surface area (Å²) in [4.78, 5) is 0. The Bertz CT molecular complexity index is 105. The van der Waals surface area contributed by atoms with E-state index in [0.717, 1.165) is 11.8 Å². The van der Waals surface area contributed by atoms with E-state index in [9.17, 15) is 0 Å². The maximum absolute atomic E-state index is 2.38. The van der Waals surface area contributed by atoms with Crippen LogP contribution in [0.25, 0.3) is 0 Å². The Balaban J connectivity index is 3.44. The number of hydrogen-bond donors (Lipinski definition) is 0. The number of hydrogen-bond acceptors (Lipinski definition) is 0. The molecule has 0 aromatic carbocycles. The fraction of sp³-hybridized carbons (Fsp3) is 0.923. The maximum Gasteiger partial charge on any atom is -0.0218 e. The molecule has 0 heteroatoms. The SMILES string of the molecule is CCCCCCC(C)[C](C)C(C)C. The van der Waals surface area contributed by atoms with Gasteiger partial charge in [-0.1, -0.05) is 66.7 Å². The topological polar surface area (TPSA) is 0 Å². The highest BCUT2D eigenvalue weighted by molar-refractivity contribution is 4.92. The summed E-state index contributed by atoms with van der Waals surface area (Å²) in [5.74, 6) is 3.27. The van der Waals surface area contributed by atoms with Crippen LogP contribution in [0.3, 0.4) is 0 Å². The molecule has 1 unspecified atom stereocenters. The van der Waals surface area contributed by atoms with Gasteiger partial charge in [0.25, 0.3) is 0 Å². The van der Waals surface area contributed by atoms with Gasteiger partial charge in [-0.25, -0.2) is 0 Å². The third kappa shape index (κ3) is 6.12. The monoisotopic (exact) mass is 183 g/mol. The van der Waals surface area contributed by atoms with Gasteiger partial charge in [-0.2, -0.15) is 0 Å². The Hall–Kier alpha value is 0. The zero-order chi connectivity index (χ0) is 10.3. The molecule has 0 aliphatic carbocycles. The fourth-order valence-corrected chi connectivity index (χ4v) is 1.67. The van der Waals surface area contributed by atoms with Crippen molar-refractivity contribution in [2.24, 2.45) is 11.8 Å². The quantitative estimate of drug-likeness (QED) is 0.495. The Kier molecular flexibility index (Phi) is 7.41. The van der Waals surface area contributed by atoms with Crippen molar-refractivity contribution in [3.05, 3.63) is 5.92 Å². The van der Waals surface area contributed by atoms with Crippen molar-refractivity contribution in [3.63, 3.8) is 0 Å². The van der Waals surface area contributed by atoms with Crippen molar-refractivity contribution >= 4 is 0 Å². The van der Waals surface area contributed by atoms with Gasteiger partial charge in [-0.3, -0.25) is 0 Å². The minimum absolute atomic E-state index is 0.765. The zero-order valence-electron chi connectivity index (χ0n) is 10.2. The normalized spacial score (nSPS) is 14.1. The van der Waals surface area contributed by atoms with Crippen LogP contribution < -0.4 is 0 Å². The molecule has 0 fully saturated rings. The highest BCUT2D eigenvalue weighted by Crippen LogP contribution is 2.26. The molecule has 0 aliphatic rings. The van der Waals surface area contributed by atoms with Crippen molar-refractivity contribution < 1.29 is 0 Å². The van der Waals surface area contributed by atoms with Gasteiger partial charge in [0.05, 0.1) is 0 Å². The molecule has 0 rings (SSSR count). The molecule has 0 saturated heterocycles.